The first-order valence-electron chi connectivity index (χ1n) is 7.63. The Labute approximate surface area is 130 Å². The van der Waals surface area contributed by atoms with Crippen LogP contribution in [0.4, 0.5) is 11.4 Å². The summed E-state index contributed by atoms with van der Waals surface area (Å²) < 4.78 is 5.45. The van der Waals surface area contributed by atoms with E-state index >= 15 is 0 Å². The molecule has 2 aromatic carbocycles. The average molecular weight is 290 g/mol. The van der Waals surface area contributed by atoms with Gasteiger partial charge in [-0.2, -0.15) is 0 Å². The maximum Gasteiger partial charge on any atom is 0.133 e. The summed E-state index contributed by atoms with van der Waals surface area (Å²) in [6, 6.07) is 21.2. The van der Waals surface area contributed by atoms with Crippen molar-refractivity contribution < 1.29 is 4.42 Å². The third kappa shape index (κ3) is 2.46. The van der Waals surface area contributed by atoms with Crippen molar-refractivity contribution in [2.24, 2.45) is 0 Å². The van der Waals surface area contributed by atoms with Crippen LogP contribution in [0.5, 0.6) is 0 Å². The van der Waals surface area contributed by atoms with Gasteiger partial charge in [0.15, 0.2) is 0 Å². The van der Waals surface area contributed by atoms with Gasteiger partial charge in [-0.15, -0.1) is 0 Å². The van der Waals surface area contributed by atoms with Gasteiger partial charge in [0.2, 0.25) is 0 Å². The number of furan rings is 1. The van der Waals surface area contributed by atoms with Crippen LogP contribution in [0.1, 0.15) is 18.0 Å². The van der Waals surface area contributed by atoms with Crippen LogP contribution >= 0.6 is 0 Å². The number of benzene rings is 2. The second-order valence-corrected chi connectivity index (χ2v) is 5.56. The molecule has 1 aliphatic heterocycles. The predicted molar refractivity (Wildman–Crippen MR) is 90.1 cm³/mol. The van der Waals surface area contributed by atoms with E-state index in [9.17, 15) is 0 Å². The zero-order valence-corrected chi connectivity index (χ0v) is 12.3. The summed E-state index contributed by atoms with van der Waals surface area (Å²) in [5.41, 5.74) is 4.76. The van der Waals surface area contributed by atoms with Crippen LogP contribution in [0.15, 0.2) is 71.3 Å². The monoisotopic (exact) mass is 290 g/mol. The summed E-state index contributed by atoms with van der Waals surface area (Å²) in [5, 5.41) is 7.13. The van der Waals surface area contributed by atoms with Crippen molar-refractivity contribution in [1.82, 2.24) is 0 Å². The summed E-state index contributed by atoms with van der Waals surface area (Å²) in [6.45, 7) is 0.967. The number of fused-ring (bicyclic) bond motifs is 1. The van der Waals surface area contributed by atoms with Gasteiger partial charge in [-0.1, -0.05) is 36.4 Å². The van der Waals surface area contributed by atoms with Crippen molar-refractivity contribution in [3.63, 3.8) is 0 Å². The number of hydrogen-bond acceptors (Lipinski definition) is 3. The Morgan fingerprint density at radius 2 is 1.68 bits per heavy atom. The Balaban J connectivity index is 1.59. The molecule has 0 aliphatic carbocycles. The molecule has 0 saturated heterocycles. The standard InChI is InChI=1S/C19H18N2O/c1-2-5-18-17(4-1)20-12-11-16(21-18)14-7-9-15(10-8-14)19-6-3-13-22-19/h1-10,13,16,20-21H,11-12H2. The smallest absolute Gasteiger partial charge is 0.133 e. The van der Waals surface area contributed by atoms with E-state index in [1.165, 1.54) is 16.9 Å². The van der Waals surface area contributed by atoms with Crippen molar-refractivity contribution in [3.05, 3.63) is 72.5 Å². The zero-order valence-electron chi connectivity index (χ0n) is 12.3. The van der Waals surface area contributed by atoms with Gasteiger partial charge >= 0.3 is 0 Å². The third-order valence-electron chi connectivity index (χ3n) is 4.12. The van der Waals surface area contributed by atoms with Gasteiger partial charge in [-0.25, -0.2) is 0 Å². The minimum absolute atomic E-state index is 0.321. The van der Waals surface area contributed by atoms with E-state index in [0.29, 0.717) is 6.04 Å². The fourth-order valence-corrected chi connectivity index (χ4v) is 2.95. The lowest BCUT2D eigenvalue weighted by atomic mass is 10.0. The van der Waals surface area contributed by atoms with E-state index in [2.05, 4.69) is 59.2 Å². The van der Waals surface area contributed by atoms with Crippen LogP contribution in [-0.4, -0.2) is 6.54 Å². The molecule has 0 amide bonds. The molecule has 3 nitrogen and oxygen atoms in total. The van der Waals surface area contributed by atoms with Gasteiger partial charge in [0.05, 0.1) is 23.7 Å². The topological polar surface area (TPSA) is 37.2 Å². The van der Waals surface area contributed by atoms with E-state index in [1.807, 2.05) is 12.1 Å². The molecule has 1 aliphatic rings. The van der Waals surface area contributed by atoms with E-state index in [0.717, 1.165) is 24.3 Å². The molecule has 0 fully saturated rings. The third-order valence-corrected chi connectivity index (χ3v) is 4.12. The Hall–Kier alpha value is -2.68. The minimum Gasteiger partial charge on any atom is -0.464 e. The highest BCUT2D eigenvalue weighted by Crippen LogP contribution is 2.32. The Bertz CT molecular complexity index is 747. The van der Waals surface area contributed by atoms with Gasteiger partial charge in [0.1, 0.15) is 5.76 Å². The number of anilines is 2. The van der Waals surface area contributed by atoms with E-state index in [1.54, 1.807) is 6.26 Å². The molecule has 0 radical (unpaired) electrons. The summed E-state index contributed by atoms with van der Waals surface area (Å²) in [4.78, 5) is 0. The van der Waals surface area contributed by atoms with Crippen LogP contribution in [0.2, 0.25) is 0 Å². The first-order valence-corrected chi connectivity index (χ1v) is 7.63. The molecule has 3 aromatic rings. The largest absolute Gasteiger partial charge is 0.464 e. The van der Waals surface area contributed by atoms with Crippen LogP contribution < -0.4 is 10.6 Å². The Morgan fingerprint density at radius 3 is 2.45 bits per heavy atom. The number of rotatable bonds is 2. The maximum absolute atomic E-state index is 5.45. The molecule has 110 valence electrons. The summed E-state index contributed by atoms with van der Waals surface area (Å²) in [7, 11) is 0. The van der Waals surface area contributed by atoms with Crippen molar-refractivity contribution >= 4 is 11.4 Å². The lowest BCUT2D eigenvalue weighted by Crippen LogP contribution is -2.10. The zero-order chi connectivity index (χ0) is 14.8. The predicted octanol–water partition coefficient (Wildman–Crippen LogP) is 4.92. The summed E-state index contributed by atoms with van der Waals surface area (Å²) in [6.07, 6.45) is 2.76. The number of hydrogen-bond donors (Lipinski definition) is 2. The molecule has 2 N–H and O–H groups in total. The van der Waals surface area contributed by atoms with Crippen molar-refractivity contribution in [2.75, 3.05) is 17.2 Å². The van der Waals surface area contributed by atoms with Crippen LogP contribution in [-0.2, 0) is 0 Å². The van der Waals surface area contributed by atoms with Gasteiger partial charge in [0, 0.05) is 12.1 Å². The molecule has 22 heavy (non-hydrogen) atoms. The van der Waals surface area contributed by atoms with E-state index in [-0.39, 0.29) is 0 Å². The normalized spacial score (nSPS) is 17.0. The fraction of sp³-hybridized carbons (Fsp3) is 0.158. The molecule has 1 atom stereocenters. The fourth-order valence-electron chi connectivity index (χ4n) is 2.95. The van der Waals surface area contributed by atoms with Crippen LogP contribution in [0.3, 0.4) is 0 Å². The van der Waals surface area contributed by atoms with Crippen LogP contribution in [0, 0.1) is 0 Å². The van der Waals surface area contributed by atoms with Gasteiger partial charge in [-0.05, 0) is 36.2 Å². The molecule has 0 saturated carbocycles. The lowest BCUT2D eigenvalue weighted by molar-refractivity contribution is 0.582. The van der Waals surface area contributed by atoms with E-state index < -0.39 is 0 Å². The first-order chi connectivity index (χ1) is 10.9. The number of para-hydroxylation sites is 2. The van der Waals surface area contributed by atoms with Crippen molar-refractivity contribution in [2.45, 2.75) is 12.5 Å². The Morgan fingerprint density at radius 1 is 0.864 bits per heavy atom. The second kappa shape index (κ2) is 5.60. The minimum atomic E-state index is 0.321. The highest BCUT2D eigenvalue weighted by atomic mass is 16.3. The lowest BCUT2D eigenvalue weighted by Gasteiger charge is -2.18. The highest BCUT2D eigenvalue weighted by Gasteiger charge is 2.16. The summed E-state index contributed by atoms with van der Waals surface area (Å²) in [5.74, 6) is 0.910. The van der Waals surface area contributed by atoms with Crippen molar-refractivity contribution in [1.29, 1.82) is 0 Å². The average Bonchev–Trinajstić information content (AvgIpc) is 3.01. The highest BCUT2D eigenvalue weighted by molar-refractivity contribution is 5.70. The maximum atomic E-state index is 5.45. The Kier molecular flexibility index (Phi) is 3.31. The molecular formula is C19H18N2O. The van der Waals surface area contributed by atoms with E-state index in [4.69, 9.17) is 4.42 Å². The molecule has 4 rings (SSSR count). The molecule has 0 bridgehead atoms. The molecule has 3 heteroatoms. The van der Waals surface area contributed by atoms with Gasteiger partial charge in [0.25, 0.3) is 0 Å². The number of nitrogens with one attached hydrogen (secondary N) is 2. The molecule has 0 spiro atoms. The molecule has 2 heterocycles. The molecule has 1 aromatic heterocycles. The summed E-state index contributed by atoms with van der Waals surface area (Å²) >= 11 is 0. The second-order valence-electron chi connectivity index (χ2n) is 5.56. The first kappa shape index (κ1) is 13.0. The van der Waals surface area contributed by atoms with Crippen LogP contribution in [0.25, 0.3) is 11.3 Å². The van der Waals surface area contributed by atoms with Gasteiger partial charge in [-0.3, -0.25) is 0 Å². The molecule has 1 unspecified atom stereocenters. The molecular weight excluding hydrogens is 272 g/mol. The van der Waals surface area contributed by atoms with Gasteiger partial charge < -0.3 is 15.1 Å². The SMILES string of the molecule is c1coc(-c2ccc(C3CCNc4ccccc4N3)cc2)c1. The quantitative estimate of drug-likeness (QED) is 0.703. The van der Waals surface area contributed by atoms with Crippen molar-refractivity contribution in [3.8, 4) is 11.3 Å².